The molecule has 5 heteroatoms. The molecule has 0 aliphatic carbocycles. The maximum atomic E-state index is 5.08. The monoisotopic (exact) mass is 589 g/mol. The number of aromatic nitrogens is 5. The van der Waals surface area contributed by atoms with E-state index in [-0.39, 0.29) is 0 Å². The van der Waals surface area contributed by atoms with Crippen molar-refractivity contribution in [3.05, 3.63) is 164 Å². The molecule has 0 aliphatic rings. The van der Waals surface area contributed by atoms with Gasteiger partial charge in [0, 0.05) is 51.8 Å². The fourth-order valence-corrected chi connectivity index (χ4v) is 5.74. The van der Waals surface area contributed by atoms with Crippen molar-refractivity contribution in [2.24, 2.45) is 0 Å². The van der Waals surface area contributed by atoms with Crippen LogP contribution >= 0.6 is 0 Å². The molecular weight excluding hydrogens is 562 g/mol. The topological polar surface area (TPSA) is 64.5 Å². The van der Waals surface area contributed by atoms with Crippen molar-refractivity contribution in [3.63, 3.8) is 0 Å². The van der Waals surface area contributed by atoms with Gasteiger partial charge in [-0.15, -0.1) is 0 Å². The highest BCUT2D eigenvalue weighted by Gasteiger charge is 2.16. The lowest BCUT2D eigenvalue weighted by atomic mass is 9.95. The predicted octanol–water partition coefficient (Wildman–Crippen LogP) is 9.82. The number of benzene rings is 5. The fourth-order valence-electron chi connectivity index (χ4n) is 5.74. The average Bonchev–Trinajstić information content (AvgIpc) is 3.15. The molecule has 3 aromatic heterocycles. The second-order valence-corrected chi connectivity index (χ2v) is 11.0. The standard InChI is InChI=1S/C41H27N5/c1-3-10-28(11-4-1)29-18-20-32(21-19-29)40-44-39(31-12-5-2-6-13-31)45-41(46-40)36-25-34(33-16-8-22-42-27-33)24-35(26-36)37-17-7-14-30-15-9-23-43-38(30)37/h1-27H. The Balaban J connectivity index is 1.32. The summed E-state index contributed by atoms with van der Waals surface area (Å²) in [6.45, 7) is 0. The van der Waals surface area contributed by atoms with Gasteiger partial charge >= 0.3 is 0 Å². The van der Waals surface area contributed by atoms with Crippen LogP contribution in [0.2, 0.25) is 0 Å². The van der Waals surface area contributed by atoms with Crippen molar-refractivity contribution in [3.8, 4) is 67.5 Å². The normalized spacial score (nSPS) is 11.0. The van der Waals surface area contributed by atoms with Crippen molar-refractivity contribution < 1.29 is 0 Å². The lowest BCUT2D eigenvalue weighted by molar-refractivity contribution is 1.07. The van der Waals surface area contributed by atoms with E-state index < -0.39 is 0 Å². The van der Waals surface area contributed by atoms with E-state index in [1.807, 2.05) is 60.9 Å². The van der Waals surface area contributed by atoms with Gasteiger partial charge in [-0.25, -0.2) is 15.0 Å². The molecular formula is C41H27N5. The lowest BCUT2D eigenvalue weighted by Crippen LogP contribution is -2.00. The zero-order chi connectivity index (χ0) is 30.7. The Kier molecular flexibility index (Phi) is 7.09. The van der Waals surface area contributed by atoms with E-state index in [0.717, 1.165) is 61.0 Å². The third-order valence-electron chi connectivity index (χ3n) is 8.05. The molecule has 0 radical (unpaired) electrons. The third kappa shape index (κ3) is 5.42. The molecule has 0 spiro atoms. The number of rotatable bonds is 6. The molecule has 5 aromatic carbocycles. The Morgan fingerprint density at radius 3 is 1.61 bits per heavy atom. The lowest BCUT2D eigenvalue weighted by Gasteiger charge is -2.13. The Bertz CT molecular complexity index is 2280. The summed E-state index contributed by atoms with van der Waals surface area (Å²) < 4.78 is 0. The third-order valence-corrected chi connectivity index (χ3v) is 8.05. The Morgan fingerprint density at radius 2 is 0.891 bits per heavy atom. The zero-order valence-corrected chi connectivity index (χ0v) is 24.8. The van der Waals surface area contributed by atoms with Gasteiger partial charge in [-0.1, -0.05) is 115 Å². The fraction of sp³-hybridized carbons (Fsp3) is 0. The van der Waals surface area contributed by atoms with Crippen molar-refractivity contribution in [1.29, 1.82) is 0 Å². The predicted molar refractivity (Wildman–Crippen MR) is 186 cm³/mol. The Morgan fingerprint density at radius 1 is 0.348 bits per heavy atom. The smallest absolute Gasteiger partial charge is 0.164 e. The number of hydrogen-bond donors (Lipinski definition) is 0. The molecule has 0 amide bonds. The largest absolute Gasteiger partial charge is 0.264 e. The van der Waals surface area contributed by atoms with E-state index >= 15 is 0 Å². The summed E-state index contributed by atoms with van der Waals surface area (Å²) in [5.41, 5.74) is 10.1. The van der Waals surface area contributed by atoms with Crippen molar-refractivity contribution in [2.75, 3.05) is 0 Å². The summed E-state index contributed by atoms with van der Waals surface area (Å²) in [6, 6.07) is 49.6. The van der Waals surface area contributed by atoms with Gasteiger partial charge in [0.25, 0.3) is 0 Å². The number of fused-ring (bicyclic) bond motifs is 1. The molecule has 5 nitrogen and oxygen atoms in total. The summed E-state index contributed by atoms with van der Waals surface area (Å²) in [6.07, 6.45) is 5.51. The van der Waals surface area contributed by atoms with Crippen LogP contribution in [-0.2, 0) is 0 Å². The molecule has 0 saturated heterocycles. The van der Waals surface area contributed by atoms with E-state index in [9.17, 15) is 0 Å². The molecule has 216 valence electrons. The van der Waals surface area contributed by atoms with Crippen LogP contribution in [0.15, 0.2) is 164 Å². The minimum Gasteiger partial charge on any atom is -0.264 e. The van der Waals surface area contributed by atoms with Gasteiger partial charge in [-0.2, -0.15) is 0 Å². The maximum absolute atomic E-state index is 5.08. The second kappa shape index (κ2) is 12.0. The van der Waals surface area contributed by atoms with Crippen molar-refractivity contribution >= 4 is 10.9 Å². The van der Waals surface area contributed by atoms with E-state index in [0.29, 0.717) is 17.5 Å². The van der Waals surface area contributed by atoms with Crippen LogP contribution in [0.25, 0.3) is 78.4 Å². The molecule has 0 fully saturated rings. The summed E-state index contributed by atoms with van der Waals surface area (Å²) >= 11 is 0. The van der Waals surface area contributed by atoms with Gasteiger partial charge in [-0.3, -0.25) is 9.97 Å². The SMILES string of the molecule is c1ccc(-c2ccc(-c3nc(-c4ccccc4)nc(-c4cc(-c5cccnc5)cc(-c5cccc6cccnc56)c4)n3)cc2)cc1. The van der Waals surface area contributed by atoms with Gasteiger partial charge in [0.1, 0.15) is 0 Å². The molecule has 8 rings (SSSR count). The van der Waals surface area contributed by atoms with Crippen LogP contribution in [0.5, 0.6) is 0 Å². The first kappa shape index (κ1) is 27.2. The van der Waals surface area contributed by atoms with Crippen molar-refractivity contribution in [2.45, 2.75) is 0 Å². The summed E-state index contributed by atoms with van der Waals surface area (Å²) in [7, 11) is 0. The van der Waals surface area contributed by atoms with Gasteiger partial charge in [0.15, 0.2) is 17.5 Å². The Hall–Kier alpha value is -6.33. The average molecular weight is 590 g/mol. The quantitative estimate of drug-likeness (QED) is 0.193. The summed E-state index contributed by atoms with van der Waals surface area (Å²) in [5.74, 6) is 1.83. The summed E-state index contributed by atoms with van der Waals surface area (Å²) in [4.78, 5) is 24.2. The minimum atomic E-state index is 0.594. The summed E-state index contributed by atoms with van der Waals surface area (Å²) in [5, 5.41) is 1.08. The second-order valence-electron chi connectivity index (χ2n) is 11.0. The number of para-hydroxylation sites is 1. The van der Waals surface area contributed by atoms with Gasteiger partial charge in [0.05, 0.1) is 5.52 Å². The van der Waals surface area contributed by atoms with Crippen LogP contribution in [0.1, 0.15) is 0 Å². The zero-order valence-electron chi connectivity index (χ0n) is 24.8. The van der Waals surface area contributed by atoms with Gasteiger partial charge < -0.3 is 0 Å². The van der Waals surface area contributed by atoms with Gasteiger partial charge in [-0.05, 0) is 52.6 Å². The maximum Gasteiger partial charge on any atom is 0.164 e. The molecule has 0 atom stereocenters. The molecule has 0 bridgehead atoms. The molecule has 0 saturated carbocycles. The minimum absolute atomic E-state index is 0.594. The van der Waals surface area contributed by atoms with Crippen LogP contribution in [0.4, 0.5) is 0 Å². The molecule has 0 aliphatic heterocycles. The molecule has 0 unspecified atom stereocenters. The number of nitrogens with zero attached hydrogens (tertiary/aromatic N) is 5. The van der Waals surface area contributed by atoms with E-state index in [4.69, 9.17) is 19.9 Å². The van der Waals surface area contributed by atoms with Crippen LogP contribution in [0, 0.1) is 0 Å². The first-order valence-corrected chi connectivity index (χ1v) is 15.2. The molecule has 8 aromatic rings. The van der Waals surface area contributed by atoms with Crippen LogP contribution < -0.4 is 0 Å². The first-order valence-electron chi connectivity index (χ1n) is 15.2. The van der Waals surface area contributed by atoms with E-state index in [2.05, 4.69) is 102 Å². The van der Waals surface area contributed by atoms with E-state index in [1.165, 1.54) is 0 Å². The Labute approximate surface area is 267 Å². The molecule has 0 N–H and O–H groups in total. The van der Waals surface area contributed by atoms with E-state index in [1.54, 1.807) is 6.20 Å². The molecule has 46 heavy (non-hydrogen) atoms. The van der Waals surface area contributed by atoms with Crippen molar-refractivity contribution in [1.82, 2.24) is 24.9 Å². The highest BCUT2D eigenvalue weighted by molar-refractivity contribution is 5.95. The highest BCUT2D eigenvalue weighted by atomic mass is 15.0. The highest BCUT2D eigenvalue weighted by Crippen LogP contribution is 2.35. The van der Waals surface area contributed by atoms with Crippen LogP contribution in [-0.4, -0.2) is 24.9 Å². The number of pyridine rings is 2. The first-order chi connectivity index (χ1) is 22.8. The number of hydrogen-bond acceptors (Lipinski definition) is 5. The van der Waals surface area contributed by atoms with Crippen LogP contribution in [0.3, 0.4) is 0 Å². The molecule has 3 heterocycles. The van der Waals surface area contributed by atoms with Gasteiger partial charge in [0.2, 0.25) is 0 Å².